The fourth-order valence-electron chi connectivity index (χ4n) is 3.17. The number of carbonyl (C=O) groups excluding carboxylic acids is 2. The second-order valence-electron chi connectivity index (χ2n) is 7.12. The molecule has 7 nitrogen and oxygen atoms in total. The van der Waals surface area contributed by atoms with Crippen LogP contribution >= 0.6 is 11.3 Å². The van der Waals surface area contributed by atoms with E-state index in [-0.39, 0.29) is 6.42 Å². The Bertz CT molecular complexity index is 895. The van der Waals surface area contributed by atoms with E-state index in [1.807, 2.05) is 31.2 Å². The fraction of sp³-hybridized carbons (Fsp3) is 0.429. The summed E-state index contributed by atoms with van der Waals surface area (Å²) in [5.74, 6) is -0.226. The zero-order valence-electron chi connectivity index (χ0n) is 16.3. The van der Waals surface area contributed by atoms with Gasteiger partial charge in [0.1, 0.15) is 22.9 Å². The van der Waals surface area contributed by atoms with E-state index in [1.165, 1.54) is 11.3 Å². The topological polar surface area (TPSA) is 101 Å². The Morgan fingerprint density at radius 2 is 2.00 bits per heavy atom. The molecule has 1 N–H and O–H groups in total. The average molecular weight is 413 g/mol. The SMILES string of the molecule is Cc1ccc(OCc2nc(CC(=O)OCC(=O)NC3(C#N)CCCC3)cs2)cc1. The van der Waals surface area contributed by atoms with Gasteiger partial charge in [0, 0.05) is 5.38 Å². The number of amides is 1. The van der Waals surface area contributed by atoms with E-state index in [0.29, 0.717) is 25.1 Å². The summed E-state index contributed by atoms with van der Waals surface area (Å²) >= 11 is 1.40. The van der Waals surface area contributed by atoms with Crippen molar-refractivity contribution >= 4 is 23.2 Å². The van der Waals surface area contributed by atoms with E-state index in [0.717, 1.165) is 29.2 Å². The molecule has 0 unspecified atom stereocenters. The molecule has 1 fully saturated rings. The summed E-state index contributed by atoms with van der Waals surface area (Å²) in [5.41, 5.74) is 0.921. The van der Waals surface area contributed by atoms with Gasteiger partial charge in [0.2, 0.25) is 0 Å². The van der Waals surface area contributed by atoms with E-state index in [1.54, 1.807) is 5.38 Å². The number of nitrogens with one attached hydrogen (secondary N) is 1. The molecule has 0 saturated heterocycles. The first-order chi connectivity index (χ1) is 14.0. The van der Waals surface area contributed by atoms with Crippen molar-refractivity contribution in [3.8, 4) is 11.8 Å². The van der Waals surface area contributed by atoms with Crippen LogP contribution in [0.25, 0.3) is 0 Å². The highest BCUT2D eigenvalue weighted by Gasteiger charge is 2.35. The minimum atomic E-state index is -0.815. The van der Waals surface area contributed by atoms with Gasteiger partial charge in [0.25, 0.3) is 5.91 Å². The summed E-state index contributed by atoms with van der Waals surface area (Å²) in [6.45, 7) is 1.94. The number of hydrogen-bond donors (Lipinski definition) is 1. The van der Waals surface area contributed by atoms with Crippen molar-refractivity contribution in [2.24, 2.45) is 0 Å². The summed E-state index contributed by atoms with van der Waals surface area (Å²) in [6, 6.07) is 9.91. The molecule has 2 aromatic rings. The zero-order valence-corrected chi connectivity index (χ0v) is 17.1. The second kappa shape index (κ2) is 9.52. The van der Waals surface area contributed by atoms with Crippen LogP contribution in [0.3, 0.4) is 0 Å². The molecule has 0 aliphatic heterocycles. The first-order valence-electron chi connectivity index (χ1n) is 9.49. The molecule has 1 saturated carbocycles. The van der Waals surface area contributed by atoms with Gasteiger partial charge in [-0.15, -0.1) is 11.3 Å². The minimum Gasteiger partial charge on any atom is -0.486 e. The van der Waals surface area contributed by atoms with Gasteiger partial charge in [-0.1, -0.05) is 17.7 Å². The maximum absolute atomic E-state index is 12.0. The molecule has 0 radical (unpaired) electrons. The number of rotatable bonds is 8. The predicted molar refractivity (Wildman–Crippen MR) is 107 cm³/mol. The van der Waals surface area contributed by atoms with Crippen molar-refractivity contribution in [3.05, 3.63) is 45.9 Å². The normalized spacial score (nSPS) is 14.8. The molecule has 152 valence electrons. The van der Waals surface area contributed by atoms with Crippen molar-refractivity contribution < 1.29 is 19.1 Å². The van der Waals surface area contributed by atoms with Crippen LogP contribution in [0.1, 0.15) is 41.9 Å². The summed E-state index contributed by atoms with van der Waals surface area (Å²) in [4.78, 5) is 28.4. The lowest BCUT2D eigenvalue weighted by Gasteiger charge is -2.21. The molecule has 3 rings (SSSR count). The van der Waals surface area contributed by atoms with Crippen LogP contribution in [-0.2, 0) is 27.4 Å². The highest BCUT2D eigenvalue weighted by molar-refractivity contribution is 7.09. The Hall–Kier alpha value is -2.92. The van der Waals surface area contributed by atoms with E-state index in [9.17, 15) is 14.9 Å². The van der Waals surface area contributed by atoms with Crippen LogP contribution in [0.4, 0.5) is 0 Å². The van der Waals surface area contributed by atoms with Crippen LogP contribution in [-0.4, -0.2) is 29.0 Å². The molecular formula is C21H23N3O4S. The Kier molecular flexibility index (Phi) is 6.83. The van der Waals surface area contributed by atoms with E-state index >= 15 is 0 Å². The number of ether oxygens (including phenoxy) is 2. The lowest BCUT2D eigenvalue weighted by molar-refractivity contribution is -0.148. The van der Waals surface area contributed by atoms with Crippen LogP contribution in [0.2, 0.25) is 0 Å². The molecule has 8 heteroatoms. The van der Waals surface area contributed by atoms with Gasteiger partial charge < -0.3 is 14.8 Å². The molecule has 0 atom stereocenters. The number of aryl methyl sites for hydroxylation is 1. The molecule has 1 amide bonds. The van der Waals surface area contributed by atoms with E-state index in [2.05, 4.69) is 16.4 Å². The molecule has 0 spiro atoms. The number of esters is 1. The minimum absolute atomic E-state index is 0.0162. The second-order valence-corrected chi connectivity index (χ2v) is 8.06. The number of aromatic nitrogens is 1. The monoisotopic (exact) mass is 413 g/mol. The molecule has 1 aromatic carbocycles. The van der Waals surface area contributed by atoms with Gasteiger partial charge in [0.05, 0.1) is 18.2 Å². The number of nitrogens with zero attached hydrogens (tertiary/aromatic N) is 2. The Balaban J connectivity index is 1.41. The lowest BCUT2D eigenvalue weighted by Crippen LogP contribution is -2.46. The molecule has 1 aliphatic rings. The zero-order chi connectivity index (χ0) is 20.7. The predicted octanol–water partition coefficient (Wildman–Crippen LogP) is 3.07. The standard InChI is InChI=1S/C21H23N3O4S/c1-15-4-6-17(7-5-15)27-12-19-23-16(13-29-19)10-20(26)28-11-18(25)24-21(14-22)8-2-3-9-21/h4-7,13H,2-3,8-12H2,1H3,(H,24,25). The van der Waals surface area contributed by atoms with Crippen LogP contribution in [0.15, 0.2) is 29.6 Å². The molecular weight excluding hydrogens is 390 g/mol. The van der Waals surface area contributed by atoms with Gasteiger partial charge in [-0.25, -0.2) is 4.98 Å². The number of carbonyl (C=O) groups is 2. The Morgan fingerprint density at radius 1 is 1.28 bits per heavy atom. The maximum atomic E-state index is 12.0. The summed E-state index contributed by atoms with van der Waals surface area (Å²) in [6.07, 6.45) is 3.07. The first-order valence-corrected chi connectivity index (χ1v) is 10.4. The van der Waals surface area contributed by atoms with E-state index in [4.69, 9.17) is 9.47 Å². The van der Waals surface area contributed by atoms with Crippen molar-refractivity contribution in [1.82, 2.24) is 10.3 Å². The van der Waals surface area contributed by atoms with Gasteiger partial charge in [0.15, 0.2) is 6.61 Å². The van der Waals surface area contributed by atoms with Crippen LogP contribution in [0, 0.1) is 18.3 Å². The molecule has 1 aromatic heterocycles. The van der Waals surface area contributed by atoms with Gasteiger partial charge in [-0.05, 0) is 44.7 Å². The van der Waals surface area contributed by atoms with Crippen LogP contribution in [0.5, 0.6) is 5.75 Å². The summed E-state index contributed by atoms with van der Waals surface area (Å²) < 4.78 is 10.7. The molecule has 0 bridgehead atoms. The number of nitriles is 1. The van der Waals surface area contributed by atoms with Crippen LogP contribution < -0.4 is 10.1 Å². The van der Waals surface area contributed by atoms with Crippen molar-refractivity contribution in [3.63, 3.8) is 0 Å². The van der Waals surface area contributed by atoms with Crippen molar-refractivity contribution in [2.45, 2.75) is 51.2 Å². The maximum Gasteiger partial charge on any atom is 0.312 e. The summed E-state index contributed by atoms with van der Waals surface area (Å²) in [7, 11) is 0. The average Bonchev–Trinajstić information content (AvgIpc) is 3.36. The number of hydrogen-bond acceptors (Lipinski definition) is 7. The fourth-order valence-corrected chi connectivity index (χ4v) is 3.87. The molecule has 1 heterocycles. The molecule has 29 heavy (non-hydrogen) atoms. The largest absolute Gasteiger partial charge is 0.486 e. The highest BCUT2D eigenvalue weighted by atomic mass is 32.1. The summed E-state index contributed by atoms with van der Waals surface area (Å²) in [5, 5.41) is 14.5. The van der Waals surface area contributed by atoms with E-state index < -0.39 is 24.0 Å². The Morgan fingerprint density at radius 3 is 2.69 bits per heavy atom. The van der Waals surface area contributed by atoms with Gasteiger partial charge in [-0.2, -0.15) is 5.26 Å². The lowest BCUT2D eigenvalue weighted by atomic mass is 10.00. The first kappa shape index (κ1) is 20.8. The van der Waals surface area contributed by atoms with Crippen molar-refractivity contribution in [1.29, 1.82) is 5.26 Å². The number of benzene rings is 1. The molecule has 1 aliphatic carbocycles. The van der Waals surface area contributed by atoms with Gasteiger partial charge in [-0.3, -0.25) is 9.59 Å². The van der Waals surface area contributed by atoms with Crippen molar-refractivity contribution in [2.75, 3.05) is 6.61 Å². The third-order valence-corrected chi connectivity index (χ3v) is 5.59. The third-order valence-electron chi connectivity index (χ3n) is 4.72. The highest BCUT2D eigenvalue weighted by Crippen LogP contribution is 2.28. The number of thiazole rings is 1. The third kappa shape index (κ3) is 6.03. The Labute approximate surface area is 173 Å². The smallest absolute Gasteiger partial charge is 0.312 e. The quantitative estimate of drug-likeness (QED) is 0.668. The van der Waals surface area contributed by atoms with Gasteiger partial charge >= 0.3 is 5.97 Å².